The van der Waals surface area contributed by atoms with Crippen LogP contribution in [0.5, 0.6) is 0 Å². The Labute approximate surface area is 141 Å². The maximum Gasteiger partial charge on any atom is 0.416 e. The van der Waals surface area contributed by atoms with Crippen molar-refractivity contribution in [2.24, 2.45) is 11.3 Å². The van der Waals surface area contributed by atoms with Crippen LogP contribution in [0.15, 0.2) is 24.3 Å². The van der Waals surface area contributed by atoms with E-state index in [9.17, 15) is 18.0 Å². The number of hydrogen-bond acceptors (Lipinski definition) is 2. The number of carbonyl (C=O) groups is 1. The summed E-state index contributed by atoms with van der Waals surface area (Å²) in [5.41, 5.74) is 0.117. The third kappa shape index (κ3) is 4.97. The lowest BCUT2D eigenvalue weighted by Gasteiger charge is -2.28. The van der Waals surface area contributed by atoms with Crippen molar-refractivity contribution in [3.05, 3.63) is 35.4 Å². The summed E-state index contributed by atoms with van der Waals surface area (Å²) in [6.45, 7) is 5.63. The van der Waals surface area contributed by atoms with Gasteiger partial charge in [-0.25, -0.2) is 0 Å². The summed E-state index contributed by atoms with van der Waals surface area (Å²) in [4.78, 5) is 14.3. The number of hydrogen-bond donors (Lipinski definition) is 1. The minimum absolute atomic E-state index is 0.00766. The van der Waals surface area contributed by atoms with Crippen LogP contribution in [0.3, 0.4) is 0 Å². The fourth-order valence-electron chi connectivity index (χ4n) is 3.14. The fourth-order valence-corrected chi connectivity index (χ4v) is 3.14. The van der Waals surface area contributed by atoms with Crippen LogP contribution in [0, 0.1) is 11.3 Å². The molecular formula is C18H25F3N2O. The second kappa shape index (κ2) is 6.75. The molecule has 0 radical (unpaired) electrons. The van der Waals surface area contributed by atoms with Crippen molar-refractivity contribution in [1.82, 2.24) is 10.2 Å². The summed E-state index contributed by atoms with van der Waals surface area (Å²) < 4.78 is 37.7. The standard InChI is InChI=1S/C18H25F3N2O/c1-17(2,11-23(3)4)10-22-16(24)15-9-14(15)12-5-7-13(8-6-12)18(19,20)21/h5-8,14-15H,9-11H2,1-4H3,(H,22,24). The highest BCUT2D eigenvalue weighted by molar-refractivity contribution is 5.82. The van der Waals surface area contributed by atoms with Gasteiger partial charge in [-0.3, -0.25) is 4.79 Å². The molecule has 2 atom stereocenters. The number of nitrogens with one attached hydrogen (secondary N) is 1. The van der Waals surface area contributed by atoms with Crippen molar-refractivity contribution in [2.45, 2.75) is 32.4 Å². The van der Waals surface area contributed by atoms with Gasteiger partial charge in [0, 0.05) is 19.0 Å². The van der Waals surface area contributed by atoms with Crippen LogP contribution in [-0.2, 0) is 11.0 Å². The quantitative estimate of drug-likeness (QED) is 0.858. The van der Waals surface area contributed by atoms with E-state index in [1.807, 2.05) is 14.1 Å². The number of rotatable bonds is 6. The van der Waals surface area contributed by atoms with Gasteiger partial charge in [-0.1, -0.05) is 26.0 Å². The zero-order valence-corrected chi connectivity index (χ0v) is 14.6. The van der Waals surface area contributed by atoms with E-state index in [0.29, 0.717) is 13.0 Å². The van der Waals surface area contributed by atoms with E-state index in [0.717, 1.165) is 24.2 Å². The fraction of sp³-hybridized carbons (Fsp3) is 0.611. The van der Waals surface area contributed by atoms with Crippen molar-refractivity contribution in [3.8, 4) is 0 Å². The Kier molecular flexibility index (Phi) is 5.28. The molecule has 1 aliphatic rings. The highest BCUT2D eigenvalue weighted by atomic mass is 19.4. The Hall–Kier alpha value is -1.56. The van der Waals surface area contributed by atoms with Gasteiger partial charge in [0.2, 0.25) is 5.91 Å². The summed E-state index contributed by atoms with van der Waals surface area (Å²) in [7, 11) is 3.98. The zero-order valence-electron chi connectivity index (χ0n) is 14.6. The van der Waals surface area contributed by atoms with Crippen LogP contribution >= 0.6 is 0 Å². The van der Waals surface area contributed by atoms with Crippen molar-refractivity contribution < 1.29 is 18.0 Å². The Balaban J connectivity index is 1.87. The lowest BCUT2D eigenvalue weighted by molar-refractivity contribution is -0.137. The largest absolute Gasteiger partial charge is 0.416 e. The average Bonchev–Trinajstić information content (AvgIpc) is 3.23. The molecule has 2 rings (SSSR count). The number of nitrogens with zero attached hydrogens (tertiary/aromatic N) is 1. The SMILES string of the molecule is CN(C)CC(C)(C)CNC(=O)C1CC1c1ccc(C(F)(F)F)cc1. The molecule has 0 bridgehead atoms. The van der Waals surface area contributed by atoms with Crippen LogP contribution in [0.1, 0.15) is 37.3 Å². The van der Waals surface area contributed by atoms with E-state index in [2.05, 4.69) is 24.1 Å². The molecule has 0 spiro atoms. The summed E-state index contributed by atoms with van der Waals surface area (Å²) in [6, 6.07) is 5.14. The van der Waals surface area contributed by atoms with E-state index >= 15 is 0 Å². The first-order valence-corrected chi connectivity index (χ1v) is 8.09. The molecule has 0 heterocycles. The maximum absolute atomic E-state index is 12.6. The molecule has 1 fully saturated rings. The predicted molar refractivity (Wildman–Crippen MR) is 87.6 cm³/mol. The highest BCUT2D eigenvalue weighted by Crippen LogP contribution is 2.48. The van der Waals surface area contributed by atoms with Gasteiger partial charge in [0.05, 0.1) is 5.56 Å². The molecule has 6 heteroatoms. The first kappa shape index (κ1) is 18.8. The molecular weight excluding hydrogens is 317 g/mol. The van der Waals surface area contributed by atoms with Gasteiger partial charge < -0.3 is 10.2 Å². The molecule has 1 saturated carbocycles. The predicted octanol–water partition coefficient (Wildman–Crippen LogP) is 3.51. The summed E-state index contributed by atoms with van der Waals surface area (Å²) in [5.74, 6) is -0.104. The first-order chi connectivity index (χ1) is 11.0. The zero-order chi connectivity index (χ0) is 18.1. The number of amides is 1. The molecule has 0 saturated heterocycles. The summed E-state index contributed by atoms with van der Waals surface area (Å²) in [5, 5.41) is 2.98. The first-order valence-electron chi connectivity index (χ1n) is 8.09. The topological polar surface area (TPSA) is 32.3 Å². The molecule has 1 aromatic rings. The van der Waals surface area contributed by atoms with E-state index in [1.165, 1.54) is 12.1 Å². The molecule has 3 nitrogen and oxygen atoms in total. The molecule has 1 amide bonds. The van der Waals surface area contributed by atoms with Crippen LogP contribution < -0.4 is 5.32 Å². The van der Waals surface area contributed by atoms with Crippen molar-refractivity contribution in [3.63, 3.8) is 0 Å². The van der Waals surface area contributed by atoms with Gasteiger partial charge in [-0.15, -0.1) is 0 Å². The average molecular weight is 342 g/mol. The second-order valence-corrected chi connectivity index (χ2v) is 7.69. The van der Waals surface area contributed by atoms with Gasteiger partial charge in [0.1, 0.15) is 0 Å². The van der Waals surface area contributed by atoms with Gasteiger partial charge >= 0.3 is 6.18 Å². The molecule has 24 heavy (non-hydrogen) atoms. The van der Waals surface area contributed by atoms with Gasteiger partial charge in [-0.05, 0) is 49.5 Å². The normalized spacial score (nSPS) is 21.0. The molecule has 1 aromatic carbocycles. The number of carbonyl (C=O) groups excluding carboxylic acids is 1. The van der Waals surface area contributed by atoms with E-state index < -0.39 is 11.7 Å². The minimum atomic E-state index is -4.32. The third-order valence-corrected chi connectivity index (χ3v) is 4.28. The Morgan fingerprint density at radius 1 is 1.21 bits per heavy atom. The third-order valence-electron chi connectivity index (χ3n) is 4.28. The second-order valence-electron chi connectivity index (χ2n) is 7.69. The Bertz CT molecular complexity index is 579. The van der Waals surface area contributed by atoms with Crippen LogP contribution in [0.4, 0.5) is 13.2 Å². The lowest BCUT2D eigenvalue weighted by Crippen LogP contribution is -2.40. The molecule has 134 valence electrons. The number of halogens is 3. The number of alkyl halides is 3. The van der Waals surface area contributed by atoms with E-state index in [-0.39, 0.29) is 23.2 Å². The van der Waals surface area contributed by atoms with Crippen molar-refractivity contribution in [1.29, 1.82) is 0 Å². The molecule has 1 N–H and O–H groups in total. The lowest BCUT2D eigenvalue weighted by atomic mass is 9.93. The van der Waals surface area contributed by atoms with E-state index in [4.69, 9.17) is 0 Å². The summed E-state index contributed by atoms with van der Waals surface area (Å²) in [6.07, 6.45) is -3.62. The van der Waals surface area contributed by atoms with Gasteiger partial charge in [0.15, 0.2) is 0 Å². The Morgan fingerprint density at radius 3 is 2.29 bits per heavy atom. The minimum Gasteiger partial charge on any atom is -0.355 e. The van der Waals surface area contributed by atoms with Gasteiger partial charge in [0.25, 0.3) is 0 Å². The molecule has 2 unspecified atom stereocenters. The van der Waals surface area contributed by atoms with Crippen LogP contribution in [0.25, 0.3) is 0 Å². The molecule has 0 aromatic heterocycles. The summed E-state index contributed by atoms with van der Waals surface area (Å²) >= 11 is 0. The monoisotopic (exact) mass is 342 g/mol. The van der Waals surface area contributed by atoms with Crippen LogP contribution in [-0.4, -0.2) is 38.0 Å². The van der Waals surface area contributed by atoms with Crippen molar-refractivity contribution >= 4 is 5.91 Å². The number of benzene rings is 1. The highest BCUT2D eigenvalue weighted by Gasteiger charge is 2.44. The maximum atomic E-state index is 12.6. The Morgan fingerprint density at radius 2 is 1.79 bits per heavy atom. The molecule has 1 aliphatic carbocycles. The van der Waals surface area contributed by atoms with Crippen molar-refractivity contribution in [2.75, 3.05) is 27.2 Å². The van der Waals surface area contributed by atoms with Gasteiger partial charge in [-0.2, -0.15) is 13.2 Å². The molecule has 0 aliphatic heterocycles. The van der Waals surface area contributed by atoms with Crippen LogP contribution in [0.2, 0.25) is 0 Å². The van der Waals surface area contributed by atoms with E-state index in [1.54, 1.807) is 0 Å². The smallest absolute Gasteiger partial charge is 0.355 e.